The normalized spacial score (nSPS) is 21.7. The average molecular weight is 210 g/mol. The van der Waals surface area contributed by atoms with Gasteiger partial charge in [-0.25, -0.2) is 9.89 Å². The van der Waals surface area contributed by atoms with Gasteiger partial charge in [0.05, 0.1) is 6.20 Å². The summed E-state index contributed by atoms with van der Waals surface area (Å²) >= 11 is 0. The minimum atomic E-state index is -0.432. The molecule has 2 N–H and O–H groups in total. The molecule has 6 heteroatoms. The van der Waals surface area contributed by atoms with E-state index in [9.17, 15) is 4.79 Å². The highest BCUT2D eigenvalue weighted by molar-refractivity contribution is 5.34. The molecule has 0 aliphatic carbocycles. The summed E-state index contributed by atoms with van der Waals surface area (Å²) in [4.78, 5) is 16.8. The maximum Gasteiger partial charge on any atom is 0.363 e. The van der Waals surface area contributed by atoms with E-state index < -0.39 is 5.69 Å². The predicted octanol–water partition coefficient (Wildman–Crippen LogP) is -0.626. The number of hydrogen-bond donors (Lipinski definition) is 2. The van der Waals surface area contributed by atoms with Crippen molar-refractivity contribution in [1.82, 2.24) is 15.2 Å². The topological polar surface area (TPSA) is 82.1 Å². The van der Waals surface area contributed by atoms with Crippen molar-refractivity contribution < 1.29 is 5.11 Å². The molecule has 1 aliphatic heterocycles. The van der Waals surface area contributed by atoms with Gasteiger partial charge in [-0.2, -0.15) is 10.1 Å². The Morgan fingerprint density at radius 1 is 1.67 bits per heavy atom. The third-order valence-corrected chi connectivity index (χ3v) is 2.66. The number of nitrogens with zero attached hydrogens (tertiary/aromatic N) is 3. The van der Waals surface area contributed by atoms with Crippen molar-refractivity contribution in [2.24, 2.45) is 5.92 Å². The molecule has 0 bridgehead atoms. The van der Waals surface area contributed by atoms with E-state index in [4.69, 9.17) is 5.11 Å². The van der Waals surface area contributed by atoms with Gasteiger partial charge in [0.15, 0.2) is 5.82 Å². The number of rotatable bonds is 2. The highest BCUT2D eigenvalue weighted by atomic mass is 16.3. The van der Waals surface area contributed by atoms with Crippen LogP contribution in [-0.4, -0.2) is 40.0 Å². The van der Waals surface area contributed by atoms with E-state index >= 15 is 0 Å². The van der Waals surface area contributed by atoms with Crippen LogP contribution in [0.2, 0.25) is 0 Å². The second-order valence-electron chi connectivity index (χ2n) is 3.78. The molecule has 0 aromatic carbocycles. The summed E-state index contributed by atoms with van der Waals surface area (Å²) in [6, 6.07) is 0. The minimum Gasteiger partial charge on any atom is -0.396 e. The lowest BCUT2D eigenvalue weighted by molar-refractivity contribution is 0.208. The Labute approximate surface area is 87.0 Å². The lowest BCUT2D eigenvalue weighted by Crippen LogP contribution is -2.38. The lowest BCUT2D eigenvalue weighted by atomic mass is 9.99. The molecule has 82 valence electrons. The first-order chi connectivity index (χ1) is 7.29. The molecule has 0 amide bonds. The molecule has 1 aromatic heterocycles. The second-order valence-corrected chi connectivity index (χ2v) is 3.78. The molecule has 2 rings (SSSR count). The lowest BCUT2D eigenvalue weighted by Gasteiger charge is -2.32. The number of piperidine rings is 1. The number of hydrogen-bond acceptors (Lipinski definition) is 5. The van der Waals surface area contributed by atoms with Gasteiger partial charge in [-0.3, -0.25) is 0 Å². The number of aromatic nitrogens is 3. The summed E-state index contributed by atoms with van der Waals surface area (Å²) in [5, 5.41) is 15.0. The molecule has 1 saturated heterocycles. The number of anilines is 1. The van der Waals surface area contributed by atoms with Crippen molar-refractivity contribution in [2.75, 3.05) is 24.6 Å². The maximum atomic E-state index is 11.0. The summed E-state index contributed by atoms with van der Waals surface area (Å²) in [7, 11) is 0. The fraction of sp³-hybridized carbons (Fsp3) is 0.667. The molecular formula is C9H14N4O2. The largest absolute Gasteiger partial charge is 0.396 e. The van der Waals surface area contributed by atoms with Crippen LogP contribution < -0.4 is 10.6 Å². The molecule has 0 spiro atoms. The van der Waals surface area contributed by atoms with Gasteiger partial charge in [0.2, 0.25) is 0 Å². The number of nitrogens with one attached hydrogen (secondary N) is 1. The number of aliphatic hydroxyl groups is 1. The first-order valence-corrected chi connectivity index (χ1v) is 5.07. The van der Waals surface area contributed by atoms with E-state index in [1.165, 1.54) is 0 Å². The van der Waals surface area contributed by atoms with Gasteiger partial charge >= 0.3 is 5.69 Å². The smallest absolute Gasteiger partial charge is 0.363 e. The Bertz CT molecular complexity index is 378. The molecule has 1 fully saturated rings. The van der Waals surface area contributed by atoms with Crippen LogP contribution >= 0.6 is 0 Å². The van der Waals surface area contributed by atoms with E-state index in [0.29, 0.717) is 5.82 Å². The van der Waals surface area contributed by atoms with Crippen molar-refractivity contribution in [3.8, 4) is 0 Å². The third kappa shape index (κ3) is 2.33. The van der Waals surface area contributed by atoms with Crippen LogP contribution in [0.25, 0.3) is 0 Å². The fourth-order valence-electron chi connectivity index (χ4n) is 1.88. The highest BCUT2D eigenvalue weighted by Gasteiger charge is 2.20. The molecule has 1 atom stereocenters. The van der Waals surface area contributed by atoms with E-state index in [0.717, 1.165) is 25.9 Å². The first-order valence-electron chi connectivity index (χ1n) is 5.07. The van der Waals surface area contributed by atoms with Gasteiger partial charge in [0, 0.05) is 19.7 Å². The molecule has 0 unspecified atom stereocenters. The van der Waals surface area contributed by atoms with E-state index in [1.807, 2.05) is 4.90 Å². The minimum absolute atomic E-state index is 0.188. The van der Waals surface area contributed by atoms with Gasteiger partial charge in [0.25, 0.3) is 0 Å². The van der Waals surface area contributed by atoms with Crippen molar-refractivity contribution in [1.29, 1.82) is 0 Å². The number of H-pyrrole nitrogens is 1. The SMILES string of the molecule is O=c1nc(N2CCC[C@H](CO)C2)cn[nH]1. The zero-order valence-electron chi connectivity index (χ0n) is 8.39. The third-order valence-electron chi connectivity index (χ3n) is 2.66. The Morgan fingerprint density at radius 2 is 2.53 bits per heavy atom. The second kappa shape index (κ2) is 4.39. The van der Waals surface area contributed by atoms with Crippen molar-refractivity contribution in [2.45, 2.75) is 12.8 Å². The quantitative estimate of drug-likeness (QED) is 0.679. The predicted molar refractivity (Wildman–Crippen MR) is 54.7 cm³/mol. The van der Waals surface area contributed by atoms with Gasteiger partial charge in [-0.1, -0.05) is 0 Å². The fourth-order valence-corrected chi connectivity index (χ4v) is 1.88. The molecule has 2 heterocycles. The van der Waals surface area contributed by atoms with Crippen LogP contribution in [0.5, 0.6) is 0 Å². The van der Waals surface area contributed by atoms with Crippen molar-refractivity contribution in [3.63, 3.8) is 0 Å². The van der Waals surface area contributed by atoms with E-state index in [-0.39, 0.29) is 12.5 Å². The molecule has 6 nitrogen and oxygen atoms in total. The van der Waals surface area contributed by atoms with E-state index in [2.05, 4.69) is 15.2 Å². The maximum absolute atomic E-state index is 11.0. The van der Waals surface area contributed by atoms with Crippen LogP contribution in [-0.2, 0) is 0 Å². The summed E-state index contributed by atoms with van der Waals surface area (Å²) in [5.74, 6) is 0.872. The molecule has 0 saturated carbocycles. The molecule has 1 aromatic rings. The van der Waals surface area contributed by atoms with Crippen LogP contribution in [0.4, 0.5) is 5.82 Å². The zero-order chi connectivity index (χ0) is 10.7. The monoisotopic (exact) mass is 210 g/mol. The summed E-state index contributed by atoms with van der Waals surface area (Å²) in [6.45, 7) is 1.80. The highest BCUT2D eigenvalue weighted by Crippen LogP contribution is 2.19. The first kappa shape index (κ1) is 10.1. The number of aliphatic hydroxyl groups excluding tert-OH is 1. The van der Waals surface area contributed by atoms with E-state index in [1.54, 1.807) is 6.20 Å². The van der Waals surface area contributed by atoms with Crippen molar-refractivity contribution >= 4 is 5.82 Å². The summed E-state index contributed by atoms with van der Waals surface area (Å²) in [5.41, 5.74) is -0.432. The van der Waals surface area contributed by atoms with Crippen LogP contribution in [0, 0.1) is 5.92 Å². The Balaban J connectivity index is 2.13. The van der Waals surface area contributed by atoms with Crippen LogP contribution in [0.3, 0.4) is 0 Å². The standard InChI is InChI=1S/C9H14N4O2/c14-6-7-2-1-3-13(5-7)8-4-10-12-9(15)11-8/h4,7,14H,1-3,5-6H2,(H,11,12,15)/t7-/m0/s1. The Hall–Kier alpha value is -1.43. The van der Waals surface area contributed by atoms with Gasteiger partial charge in [-0.15, -0.1) is 0 Å². The van der Waals surface area contributed by atoms with Gasteiger partial charge in [0.1, 0.15) is 0 Å². The number of aromatic amines is 1. The summed E-state index contributed by atoms with van der Waals surface area (Å²) < 4.78 is 0. The Kier molecular flexibility index (Phi) is 2.96. The van der Waals surface area contributed by atoms with Gasteiger partial charge in [-0.05, 0) is 18.8 Å². The van der Waals surface area contributed by atoms with Crippen molar-refractivity contribution in [3.05, 3.63) is 16.7 Å². The van der Waals surface area contributed by atoms with Crippen LogP contribution in [0.15, 0.2) is 11.0 Å². The average Bonchev–Trinajstić information content (AvgIpc) is 2.29. The van der Waals surface area contributed by atoms with Crippen LogP contribution in [0.1, 0.15) is 12.8 Å². The Morgan fingerprint density at radius 3 is 3.27 bits per heavy atom. The molecular weight excluding hydrogens is 196 g/mol. The molecule has 15 heavy (non-hydrogen) atoms. The zero-order valence-corrected chi connectivity index (χ0v) is 8.39. The van der Waals surface area contributed by atoms with Gasteiger partial charge < -0.3 is 10.0 Å². The summed E-state index contributed by atoms with van der Waals surface area (Å²) in [6.07, 6.45) is 3.59. The molecule has 1 aliphatic rings. The molecule has 0 radical (unpaired) electrons.